The summed E-state index contributed by atoms with van der Waals surface area (Å²) in [5, 5.41) is 7.18. The van der Waals surface area contributed by atoms with E-state index in [2.05, 4.69) is 10.6 Å². The maximum atomic E-state index is 12.7. The van der Waals surface area contributed by atoms with Gasteiger partial charge < -0.3 is 19.8 Å². The van der Waals surface area contributed by atoms with E-state index in [0.29, 0.717) is 23.4 Å². The molecule has 4 amide bonds. The third-order valence-electron chi connectivity index (χ3n) is 5.66. The van der Waals surface area contributed by atoms with Gasteiger partial charge in [0.25, 0.3) is 5.91 Å². The number of amides is 4. The average molecular weight is 443 g/mol. The van der Waals surface area contributed by atoms with Crippen LogP contribution in [0, 0.1) is 0 Å². The summed E-state index contributed by atoms with van der Waals surface area (Å²) in [6.07, 6.45) is 0.361. The van der Waals surface area contributed by atoms with Gasteiger partial charge in [-0.05, 0) is 17.7 Å². The number of imide groups is 1. The first kappa shape index (κ1) is 20.6. The molecule has 8 nitrogen and oxygen atoms in total. The van der Waals surface area contributed by atoms with Crippen LogP contribution < -0.4 is 15.4 Å². The largest absolute Gasteiger partial charge is 0.495 e. The van der Waals surface area contributed by atoms with Gasteiger partial charge >= 0.3 is 6.03 Å². The lowest BCUT2D eigenvalue weighted by Crippen LogP contribution is -2.38. The highest BCUT2D eigenvalue weighted by molar-refractivity contribution is 6.10. The molecule has 33 heavy (non-hydrogen) atoms. The Balaban J connectivity index is 1.32. The van der Waals surface area contributed by atoms with Crippen LogP contribution in [0.1, 0.15) is 5.56 Å². The number of ether oxygens (including phenoxy) is 1. The molecule has 0 unspecified atom stereocenters. The Morgan fingerprint density at radius 2 is 1.79 bits per heavy atom. The molecule has 1 aromatic heterocycles. The van der Waals surface area contributed by atoms with Gasteiger partial charge in [0.2, 0.25) is 5.91 Å². The molecule has 2 heterocycles. The minimum absolute atomic E-state index is 0.361. The Labute approximate surface area is 189 Å². The van der Waals surface area contributed by atoms with E-state index < -0.39 is 30.4 Å². The monoisotopic (exact) mass is 443 g/mol. The van der Waals surface area contributed by atoms with Gasteiger partial charge in [-0.25, -0.2) is 4.79 Å². The molecular formula is C25H21N3O5. The number of carbonyl (C=O) groups excluding carboxylic acids is 3. The smallest absolute Gasteiger partial charge is 0.325 e. The van der Waals surface area contributed by atoms with Crippen molar-refractivity contribution in [3.05, 3.63) is 72.3 Å². The summed E-state index contributed by atoms with van der Waals surface area (Å²) >= 11 is 0. The Morgan fingerprint density at radius 3 is 2.58 bits per heavy atom. The van der Waals surface area contributed by atoms with Gasteiger partial charge in [-0.3, -0.25) is 14.5 Å². The van der Waals surface area contributed by atoms with E-state index in [9.17, 15) is 14.4 Å². The van der Waals surface area contributed by atoms with Crippen LogP contribution in [0.3, 0.4) is 0 Å². The fraction of sp³-hybridized carbons (Fsp3) is 0.160. The van der Waals surface area contributed by atoms with Gasteiger partial charge in [-0.2, -0.15) is 0 Å². The van der Waals surface area contributed by atoms with Crippen LogP contribution >= 0.6 is 0 Å². The first-order valence-corrected chi connectivity index (χ1v) is 10.5. The second-order valence-corrected chi connectivity index (χ2v) is 7.81. The summed E-state index contributed by atoms with van der Waals surface area (Å²) in [5.41, 5.74) is 2.63. The third-order valence-corrected chi connectivity index (χ3v) is 5.66. The van der Waals surface area contributed by atoms with Crippen LogP contribution in [0.15, 0.2) is 71.1 Å². The zero-order chi connectivity index (χ0) is 22.9. The van der Waals surface area contributed by atoms with Crippen molar-refractivity contribution >= 4 is 45.5 Å². The predicted octanol–water partition coefficient (Wildman–Crippen LogP) is 3.70. The molecule has 1 saturated heterocycles. The van der Waals surface area contributed by atoms with Crippen molar-refractivity contribution in [3.8, 4) is 5.75 Å². The molecule has 166 valence electrons. The Hall–Kier alpha value is -4.33. The van der Waals surface area contributed by atoms with Crippen LogP contribution in [0.2, 0.25) is 0 Å². The van der Waals surface area contributed by atoms with E-state index in [1.165, 1.54) is 7.11 Å². The van der Waals surface area contributed by atoms with Gasteiger partial charge in [0.1, 0.15) is 29.5 Å². The normalized spacial score (nSPS) is 15.8. The van der Waals surface area contributed by atoms with Crippen molar-refractivity contribution in [2.75, 3.05) is 19.0 Å². The molecule has 0 aliphatic carbocycles. The van der Waals surface area contributed by atoms with Crippen molar-refractivity contribution in [1.82, 2.24) is 10.2 Å². The quantitative estimate of drug-likeness (QED) is 0.443. The average Bonchev–Trinajstić information content (AvgIpc) is 3.30. The number of furan rings is 1. The van der Waals surface area contributed by atoms with E-state index in [-0.39, 0.29) is 0 Å². The molecule has 1 aliphatic heterocycles. The number of carbonyl (C=O) groups is 3. The Kier molecular flexibility index (Phi) is 5.18. The molecule has 4 aromatic rings. The lowest BCUT2D eigenvalue weighted by molar-refractivity contribution is -0.130. The number of nitrogens with one attached hydrogen (secondary N) is 2. The SMILES string of the molecule is COc1cc2c(cc1NC(=O)CN1C(=O)N[C@H](Cc3ccccc3)C1=O)oc1ccccc12. The number of para-hydroxylation sites is 1. The van der Waals surface area contributed by atoms with Crippen molar-refractivity contribution < 1.29 is 23.5 Å². The number of urea groups is 1. The Bertz CT molecular complexity index is 1380. The van der Waals surface area contributed by atoms with E-state index in [1.807, 2.05) is 54.6 Å². The highest BCUT2D eigenvalue weighted by Crippen LogP contribution is 2.36. The molecule has 1 atom stereocenters. The Morgan fingerprint density at radius 1 is 1.03 bits per heavy atom. The number of hydrogen-bond acceptors (Lipinski definition) is 5. The standard InChI is InChI=1S/C25H21N3O5/c1-32-22-12-17-16-9-5-6-10-20(16)33-21(17)13-18(22)26-23(29)14-28-24(30)19(27-25(28)31)11-15-7-3-2-4-8-15/h2-10,12-13,19H,11,14H2,1H3,(H,26,29)(H,27,31)/t19-/m1/s1. The van der Waals surface area contributed by atoms with E-state index >= 15 is 0 Å². The molecule has 1 fully saturated rings. The summed E-state index contributed by atoms with van der Waals surface area (Å²) in [6, 6.07) is 19.2. The van der Waals surface area contributed by atoms with E-state index in [1.54, 1.807) is 12.1 Å². The second kappa shape index (κ2) is 8.31. The van der Waals surface area contributed by atoms with Crippen molar-refractivity contribution in [3.63, 3.8) is 0 Å². The molecule has 5 rings (SSSR count). The highest BCUT2D eigenvalue weighted by Gasteiger charge is 2.38. The first-order valence-electron chi connectivity index (χ1n) is 10.5. The van der Waals surface area contributed by atoms with Crippen LogP contribution in [0.4, 0.5) is 10.5 Å². The number of fused-ring (bicyclic) bond motifs is 3. The van der Waals surface area contributed by atoms with Crippen molar-refractivity contribution in [2.24, 2.45) is 0 Å². The molecule has 0 radical (unpaired) electrons. The maximum absolute atomic E-state index is 12.7. The van der Waals surface area contributed by atoms with Crippen molar-refractivity contribution in [2.45, 2.75) is 12.5 Å². The number of methoxy groups -OCH3 is 1. The minimum atomic E-state index is -0.700. The topological polar surface area (TPSA) is 101 Å². The number of nitrogens with zero attached hydrogens (tertiary/aromatic N) is 1. The molecule has 0 bridgehead atoms. The molecule has 3 aromatic carbocycles. The summed E-state index contributed by atoms with van der Waals surface area (Å²) in [7, 11) is 1.50. The van der Waals surface area contributed by atoms with Gasteiger partial charge in [0.05, 0.1) is 12.8 Å². The zero-order valence-electron chi connectivity index (χ0n) is 17.8. The lowest BCUT2D eigenvalue weighted by atomic mass is 10.1. The van der Waals surface area contributed by atoms with E-state index in [4.69, 9.17) is 9.15 Å². The fourth-order valence-electron chi connectivity index (χ4n) is 4.07. The summed E-state index contributed by atoms with van der Waals surface area (Å²) in [5.74, 6) is -0.507. The lowest BCUT2D eigenvalue weighted by Gasteiger charge is -2.14. The fourth-order valence-corrected chi connectivity index (χ4v) is 4.07. The first-order chi connectivity index (χ1) is 16.0. The molecular weight excluding hydrogens is 422 g/mol. The van der Waals surface area contributed by atoms with Gasteiger partial charge in [-0.15, -0.1) is 0 Å². The van der Waals surface area contributed by atoms with Gasteiger partial charge in [-0.1, -0.05) is 48.5 Å². The predicted molar refractivity (Wildman–Crippen MR) is 123 cm³/mol. The van der Waals surface area contributed by atoms with E-state index in [0.717, 1.165) is 26.8 Å². The van der Waals surface area contributed by atoms with Gasteiger partial charge in [0, 0.05) is 23.3 Å². The van der Waals surface area contributed by atoms with Crippen molar-refractivity contribution in [1.29, 1.82) is 0 Å². The number of benzene rings is 3. The molecule has 8 heteroatoms. The molecule has 2 N–H and O–H groups in total. The maximum Gasteiger partial charge on any atom is 0.325 e. The second-order valence-electron chi connectivity index (χ2n) is 7.81. The molecule has 1 aliphatic rings. The number of anilines is 1. The van der Waals surface area contributed by atoms with Crippen LogP contribution in [0.25, 0.3) is 21.9 Å². The number of rotatable bonds is 6. The zero-order valence-corrected chi connectivity index (χ0v) is 17.8. The summed E-state index contributed by atoms with van der Waals surface area (Å²) in [6.45, 7) is -0.405. The summed E-state index contributed by atoms with van der Waals surface area (Å²) < 4.78 is 11.3. The number of hydrogen-bond donors (Lipinski definition) is 2. The molecule has 0 spiro atoms. The van der Waals surface area contributed by atoms with Crippen LogP contribution in [0.5, 0.6) is 5.75 Å². The highest BCUT2D eigenvalue weighted by atomic mass is 16.5. The van der Waals surface area contributed by atoms with Crippen LogP contribution in [-0.4, -0.2) is 42.4 Å². The third kappa shape index (κ3) is 3.87. The minimum Gasteiger partial charge on any atom is -0.495 e. The van der Waals surface area contributed by atoms with Crippen LogP contribution in [-0.2, 0) is 16.0 Å². The van der Waals surface area contributed by atoms with Gasteiger partial charge in [0.15, 0.2) is 0 Å². The summed E-state index contributed by atoms with van der Waals surface area (Å²) in [4.78, 5) is 38.7. The molecule has 0 saturated carbocycles.